The smallest absolute Gasteiger partial charge is 0.407 e. The lowest BCUT2D eigenvalue weighted by Crippen LogP contribution is -2.34. The topological polar surface area (TPSA) is 75.6 Å². The summed E-state index contributed by atoms with van der Waals surface area (Å²) in [4.78, 5) is 20.8. The molecule has 0 radical (unpaired) electrons. The zero-order chi connectivity index (χ0) is 14.3. The molecule has 19 heavy (non-hydrogen) atoms. The molecule has 1 amide bonds. The minimum atomic E-state index is -2.47. The van der Waals surface area contributed by atoms with E-state index >= 15 is 0 Å². The fourth-order valence-corrected chi connectivity index (χ4v) is 3.80. The Morgan fingerprint density at radius 2 is 2.21 bits per heavy atom. The number of carbonyl (C=O) groups is 1. The third kappa shape index (κ3) is 5.53. The molecule has 1 aliphatic rings. The van der Waals surface area contributed by atoms with Gasteiger partial charge in [0, 0.05) is 11.7 Å². The molecule has 5 nitrogen and oxygen atoms in total. The van der Waals surface area contributed by atoms with Crippen LogP contribution in [0.5, 0.6) is 0 Å². The van der Waals surface area contributed by atoms with Gasteiger partial charge in [0.15, 0.2) is 8.03 Å². The van der Waals surface area contributed by atoms with Crippen molar-refractivity contribution in [3.05, 3.63) is 0 Å². The Kier molecular flexibility index (Phi) is 7.47. The molecule has 4 unspecified atom stereocenters. The lowest BCUT2D eigenvalue weighted by Gasteiger charge is -2.19. The van der Waals surface area contributed by atoms with Gasteiger partial charge in [-0.25, -0.2) is 4.79 Å². The van der Waals surface area contributed by atoms with Gasteiger partial charge < -0.3 is 14.9 Å². The van der Waals surface area contributed by atoms with Crippen LogP contribution >= 0.6 is 8.03 Å². The standard InChI is InChI=1S/C13H26NO4P/c1-3-5-8-18-13(15)14-11-7-6-10(9-11)12(4-2)19(16)17/h10-12,19H,3-9H2,1-2H3,(H,14,15)(H,16,17). The lowest BCUT2D eigenvalue weighted by atomic mass is 10.0. The van der Waals surface area contributed by atoms with Crippen LogP contribution in [0.4, 0.5) is 4.79 Å². The Hall–Kier alpha value is -0.540. The van der Waals surface area contributed by atoms with Crippen LogP contribution in [-0.2, 0) is 9.30 Å². The number of hydrogen-bond acceptors (Lipinski definition) is 3. The van der Waals surface area contributed by atoms with E-state index in [1.165, 1.54) is 0 Å². The SMILES string of the molecule is CCCCOC(=O)NC1CCC(C(CC)[PH](=O)O)C1. The van der Waals surface area contributed by atoms with Crippen molar-refractivity contribution < 1.29 is 19.0 Å². The zero-order valence-corrected chi connectivity index (χ0v) is 12.9. The fourth-order valence-electron chi connectivity index (χ4n) is 2.74. The molecule has 1 aliphatic carbocycles. The average Bonchev–Trinajstić information content (AvgIpc) is 2.78. The van der Waals surface area contributed by atoms with Crippen LogP contribution in [-0.4, -0.2) is 29.3 Å². The van der Waals surface area contributed by atoms with Crippen LogP contribution in [0.1, 0.15) is 52.4 Å². The summed E-state index contributed by atoms with van der Waals surface area (Å²) in [6, 6.07) is 0.0922. The first kappa shape index (κ1) is 16.5. The second kappa shape index (κ2) is 8.60. The van der Waals surface area contributed by atoms with Crippen LogP contribution < -0.4 is 5.32 Å². The van der Waals surface area contributed by atoms with Gasteiger partial charge in [0.1, 0.15) is 0 Å². The number of ether oxygens (including phenoxy) is 1. The Balaban J connectivity index is 2.31. The Morgan fingerprint density at radius 3 is 2.79 bits per heavy atom. The maximum Gasteiger partial charge on any atom is 0.407 e. The number of alkyl carbamates (subject to hydrolysis) is 1. The molecule has 4 atom stereocenters. The maximum absolute atomic E-state index is 11.5. The van der Waals surface area contributed by atoms with Crippen molar-refractivity contribution in [3.63, 3.8) is 0 Å². The molecule has 0 saturated heterocycles. The summed E-state index contributed by atoms with van der Waals surface area (Å²) >= 11 is 0. The average molecular weight is 291 g/mol. The summed E-state index contributed by atoms with van der Waals surface area (Å²) in [5.41, 5.74) is -0.104. The van der Waals surface area contributed by atoms with Crippen molar-refractivity contribution in [1.29, 1.82) is 0 Å². The van der Waals surface area contributed by atoms with E-state index in [4.69, 9.17) is 4.74 Å². The summed E-state index contributed by atoms with van der Waals surface area (Å²) < 4.78 is 16.4. The van der Waals surface area contributed by atoms with E-state index in [2.05, 4.69) is 5.32 Å². The van der Waals surface area contributed by atoms with Gasteiger partial charge >= 0.3 is 6.09 Å². The van der Waals surface area contributed by atoms with E-state index < -0.39 is 8.03 Å². The highest BCUT2D eigenvalue weighted by atomic mass is 31.1. The minimum Gasteiger partial charge on any atom is -0.450 e. The van der Waals surface area contributed by atoms with E-state index in [-0.39, 0.29) is 23.7 Å². The number of carbonyl (C=O) groups excluding carboxylic acids is 1. The van der Waals surface area contributed by atoms with Crippen molar-refractivity contribution in [2.24, 2.45) is 5.92 Å². The maximum atomic E-state index is 11.5. The second-order valence-electron chi connectivity index (χ2n) is 5.26. The van der Waals surface area contributed by atoms with E-state index in [0.29, 0.717) is 6.61 Å². The summed E-state index contributed by atoms with van der Waals surface area (Å²) in [5.74, 6) is 0.252. The molecule has 0 bridgehead atoms. The fraction of sp³-hybridized carbons (Fsp3) is 0.923. The Bertz CT molecular complexity index is 311. The molecule has 0 aromatic heterocycles. The van der Waals surface area contributed by atoms with Gasteiger partial charge in [-0.1, -0.05) is 20.3 Å². The van der Waals surface area contributed by atoms with Gasteiger partial charge in [0.25, 0.3) is 0 Å². The van der Waals surface area contributed by atoms with Crippen molar-refractivity contribution in [2.45, 2.75) is 64.1 Å². The summed E-state index contributed by atoms with van der Waals surface area (Å²) in [7, 11) is -2.47. The van der Waals surface area contributed by atoms with Crippen molar-refractivity contribution in [2.75, 3.05) is 6.61 Å². The summed E-state index contributed by atoms with van der Waals surface area (Å²) in [6.45, 7) is 4.45. The van der Waals surface area contributed by atoms with Crippen molar-refractivity contribution in [1.82, 2.24) is 5.32 Å². The molecule has 0 spiro atoms. The molecule has 1 saturated carbocycles. The van der Waals surface area contributed by atoms with Gasteiger partial charge in [-0.15, -0.1) is 0 Å². The monoisotopic (exact) mass is 291 g/mol. The molecule has 0 aliphatic heterocycles. The van der Waals surface area contributed by atoms with Crippen LogP contribution in [0.3, 0.4) is 0 Å². The molecule has 2 N–H and O–H groups in total. The third-order valence-electron chi connectivity index (χ3n) is 3.85. The first-order valence-electron chi connectivity index (χ1n) is 7.24. The van der Waals surface area contributed by atoms with Crippen molar-refractivity contribution in [3.8, 4) is 0 Å². The van der Waals surface area contributed by atoms with Crippen LogP contribution in [0.15, 0.2) is 0 Å². The van der Waals surface area contributed by atoms with E-state index in [1.54, 1.807) is 0 Å². The molecule has 1 rings (SSSR count). The van der Waals surface area contributed by atoms with Crippen LogP contribution in [0, 0.1) is 5.92 Å². The highest BCUT2D eigenvalue weighted by Crippen LogP contribution is 2.40. The Labute approximate surface area is 116 Å². The van der Waals surface area contributed by atoms with E-state index in [9.17, 15) is 14.3 Å². The number of amides is 1. The quantitative estimate of drug-likeness (QED) is 0.558. The zero-order valence-electron chi connectivity index (χ0n) is 11.9. The predicted molar refractivity (Wildman–Crippen MR) is 75.8 cm³/mol. The predicted octanol–water partition coefficient (Wildman–Crippen LogP) is 2.93. The Morgan fingerprint density at radius 1 is 1.47 bits per heavy atom. The molecular weight excluding hydrogens is 265 g/mol. The normalized spacial score (nSPS) is 25.8. The number of rotatable bonds is 7. The van der Waals surface area contributed by atoms with E-state index in [1.807, 2.05) is 13.8 Å². The lowest BCUT2D eigenvalue weighted by molar-refractivity contribution is 0.140. The highest BCUT2D eigenvalue weighted by Gasteiger charge is 2.33. The highest BCUT2D eigenvalue weighted by molar-refractivity contribution is 7.38. The van der Waals surface area contributed by atoms with Crippen LogP contribution in [0.2, 0.25) is 0 Å². The third-order valence-corrected chi connectivity index (χ3v) is 5.37. The largest absolute Gasteiger partial charge is 0.450 e. The summed E-state index contributed by atoms with van der Waals surface area (Å²) in [6.07, 6.45) is 4.83. The molecule has 112 valence electrons. The summed E-state index contributed by atoms with van der Waals surface area (Å²) in [5, 5.41) is 2.85. The molecule has 6 heteroatoms. The van der Waals surface area contributed by atoms with E-state index in [0.717, 1.165) is 38.5 Å². The van der Waals surface area contributed by atoms with Gasteiger partial charge in [0.2, 0.25) is 0 Å². The molecular formula is C13H26NO4P. The minimum absolute atomic E-state index is 0.0922. The first-order chi connectivity index (χ1) is 9.08. The number of hydrogen-bond donors (Lipinski definition) is 2. The first-order valence-corrected chi connectivity index (χ1v) is 8.67. The van der Waals surface area contributed by atoms with Gasteiger partial charge in [-0.3, -0.25) is 4.57 Å². The molecule has 1 fully saturated rings. The number of unbranched alkanes of at least 4 members (excludes halogenated alkanes) is 1. The van der Waals surface area contributed by atoms with Gasteiger partial charge in [-0.2, -0.15) is 0 Å². The number of nitrogens with one attached hydrogen (secondary N) is 1. The molecule has 0 aromatic carbocycles. The van der Waals surface area contributed by atoms with Crippen molar-refractivity contribution >= 4 is 14.1 Å². The van der Waals surface area contributed by atoms with Gasteiger partial charge in [-0.05, 0) is 38.0 Å². The van der Waals surface area contributed by atoms with Crippen LogP contribution in [0.25, 0.3) is 0 Å². The molecule has 0 heterocycles. The second-order valence-corrected chi connectivity index (χ2v) is 6.67. The molecule has 0 aromatic rings. The van der Waals surface area contributed by atoms with Gasteiger partial charge in [0.05, 0.1) is 6.61 Å².